The minimum atomic E-state index is -0.152. The first-order chi connectivity index (χ1) is 5.83. The highest BCUT2D eigenvalue weighted by molar-refractivity contribution is 6.02. The van der Waals surface area contributed by atoms with E-state index in [4.69, 9.17) is 5.73 Å². The molecule has 0 spiro atoms. The quantitative estimate of drug-likeness (QED) is 0.638. The van der Waals surface area contributed by atoms with E-state index in [1.54, 1.807) is 0 Å². The molecular weight excluding hydrogens is 152 g/mol. The highest BCUT2D eigenvalue weighted by Gasteiger charge is 2.28. The maximum Gasteiger partial charge on any atom is 0.233 e. The number of fused-ring (bicyclic) bond motifs is 1. The lowest BCUT2D eigenvalue weighted by atomic mass is 10.0. The lowest BCUT2D eigenvalue weighted by Crippen LogP contribution is -2.20. The molecule has 3 heteroatoms. The molecule has 2 rings (SSSR count). The second-order valence-corrected chi connectivity index (χ2v) is 2.86. The number of benzene rings is 1. The molecule has 1 aliphatic heterocycles. The molecule has 12 heavy (non-hydrogen) atoms. The van der Waals surface area contributed by atoms with Crippen LogP contribution in [0.5, 0.6) is 0 Å². The summed E-state index contributed by atoms with van der Waals surface area (Å²) in [5.41, 5.74) is 7.40. The van der Waals surface area contributed by atoms with Crippen molar-refractivity contribution in [1.82, 2.24) is 0 Å². The van der Waals surface area contributed by atoms with Gasteiger partial charge in [-0.2, -0.15) is 0 Å². The zero-order chi connectivity index (χ0) is 8.55. The van der Waals surface area contributed by atoms with E-state index in [2.05, 4.69) is 5.32 Å². The molecule has 1 atom stereocenters. The number of nitrogens with two attached hydrogens (primary N) is 1. The van der Waals surface area contributed by atoms with Gasteiger partial charge >= 0.3 is 0 Å². The molecule has 1 aliphatic rings. The fourth-order valence-corrected chi connectivity index (χ4v) is 1.51. The van der Waals surface area contributed by atoms with Gasteiger partial charge in [-0.1, -0.05) is 18.2 Å². The third kappa shape index (κ3) is 0.905. The monoisotopic (exact) mass is 162 g/mol. The number of nitrogens with one attached hydrogen (secondary N) is 1. The summed E-state index contributed by atoms with van der Waals surface area (Å²) in [7, 11) is 0. The van der Waals surface area contributed by atoms with Crippen LogP contribution < -0.4 is 11.1 Å². The molecule has 1 heterocycles. The van der Waals surface area contributed by atoms with Gasteiger partial charge in [-0.05, 0) is 11.6 Å². The summed E-state index contributed by atoms with van der Waals surface area (Å²) in [5.74, 6) is -0.139. The number of amides is 1. The zero-order valence-electron chi connectivity index (χ0n) is 6.58. The molecule has 3 N–H and O–H groups in total. The van der Waals surface area contributed by atoms with Crippen LogP contribution in [0.2, 0.25) is 0 Å². The Morgan fingerprint density at radius 3 is 2.92 bits per heavy atom. The number of hydrogen-bond donors (Lipinski definition) is 2. The largest absolute Gasteiger partial charge is 0.329 e. The lowest BCUT2D eigenvalue weighted by molar-refractivity contribution is -0.116. The molecule has 0 fully saturated rings. The van der Waals surface area contributed by atoms with E-state index < -0.39 is 0 Å². The fraction of sp³-hybridized carbons (Fsp3) is 0.222. The van der Waals surface area contributed by atoms with Crippen LogP contribution in [-0.2, 0) is 4.79 Å². The van der Waals surface area contributed by atoms with Crippen molar-refractivity contribution in [2.24, 2.45) is 5.73 Å². The van der Waals surface area contributed by atoms with Crippen molar-refractivity contribution in [2.75, 3.05) is 11.9 Å². The Morgan fingerprint density at radius 2 is 2.17 bits per heavy atom. The maximum atomic E-state index is 11.3. The van der Waals surface area contributed by atoms with Gasteiger partial charge in [-0.25, -0.2) is 0 Å². The second-order valence-electron chi connectivity index (χ2n) is 2.86. The van der Waals surface area contributed by atoms with Crippen LogP contribution >= 0.6 is 0 Å². The minimum absolute atomic E-state index is 0.0127. The van der Waals surface area contributed by atoms with Gasteiger partial charge in [0.05, 0.1) is 5.92 Å². The first kappa shape index (κ1) is 7.31. The van der Waals surface area contributed by atoms with Crippen LogP contribution in [0.25, 0.3) is 0 Å². The van der Waals surface area contributed by atoms with Crippen LogP contribution in [0.3, 0.4) is 0 Å². The third-order valence-corrected chi connectivity index (χ3v) is 2.15. The zero-order valence-corrected chi connectivity index (χ0v) is 6.58. The molecule has 3 nitrogen and oxygen atoms in total. The Bertz CT molecular complexity index is 322. The molecule has 62 valence electrons. The minimum Gasteiger partial charge on any atom is -0.329 e. The molecule has 0 saturated heterocycles. The molecule has 1 aromatic carbocycles. The van der Waals surface area contributed by atoms with Gasteiger partial charge in [0.25, 0.3) is 0 Å². The Balaban J connectivity index is 2.47. The highest BCUT2D eigenvalue weighted by atomic mass is 16.2. The van der Waals surface area contributed by atoms with Crippen molar-refractivity contribution in [2.45, 2.75) is 5.92 Å². The summed E-state index contributed by atoms with van der Waals surface area (Å²) in [6, 6.07) is 7.65. The Labute approximate surface area is 70.6 Å². The van der Waals surface area contributed by atoms with E-state index in [0.29, 0.717) is 6.54 Å². The molecule has 0 aromatic heterocycles. The molecule has 1 aromatic rings. The van der Waals surface area contributed by atoms with E-state index >= 15 is 0 Å². The van der Waals surface area contributed by atoms with E-state index in [0.717, 1.165) is 11.3 Å². The summed E-state index contributed by atoms with van der Waals surface area (Å²) < 4.78 is 0. The Hall–Kier alpha value is -1.35. The summed E-state index contributed by atoms with van der Waals surface area (Å²) in [5, 5.41) is 2.78. The van der Waals surface area contributed by atoms with E-state index in [-0.39, 0.29) is 11.8 Å². The van der Waals surface area contributed by atoms with Crippen LogP contribution in [0.15, 0.2) is 24.3 Å². The van der Waals surface area contributed by atoms with Crippen LogP contribution in [0, 0.1) is 0 Å². The van der Waals surface area contributed by atoms with E-state index in [1.165, 1.54) is 0 Å². The Morgan fingerprint density at radius 1 is 1.42 bits per heavy atom. The summed E-state index contributed by atoms with van der Waals surface area (Å²) >= 11 is 0. The maximum absolute atomic E-state index is 11.3. The first-order valence-electron chi connectivity index (χ1n) is 3.93. The van der Waals surface area contributed by atoms with Crippen molar-refractivity contribution in [3.05, 3.63) is 29.8 Å². The smallest absolute Gasteiger partial charge is 0.233 e. The SMILES string of the molecule is NC[C@@H]1C(=O)Nc2ccccc21. The number of rotatable bonds is 1. The molecule has 0 aliphatic carbocycles. The number of hydrogen-bond acceptors (Lipinski definition) is 2. The average Bonchev–Trinajstić information content (AvgIpc) is 2.40. The standard InChI is InChI=1S/C9H10N2O/c10-5-7-6-3-1-2-4-8(6)11-9(7)12/h1-4,7H,5,10H2,(H,11,12)/t7-/m0/s1. The molecule has 0 saturated carbocycles. The average molecular weight is 162 g/mol. The second kappa shape index (κ2) is 2.60. The Kier molecular flexibility index (Phi) is 1.59. The molecule has 0 bridgehead atoms. The van der Waals surface area contributed by atoms with Gasteiger partial charge in [-0.3, -0.25) is 4.79 Å². The van der Waals surface area contributed by atoms with Gasteiger partial charge in [0.15, 0.2) is 0 Å². The van der Waals surface area contributed by atoms with Crippen molar-refractivity contribution in [3.8, 4) is 0 Å². The predicted molar refractivity (Wildman–Crippen MR) is 46.9 cm³/mol. The molecule has 0 radical (unpaired) electrons. The fourth-order valence-electron chi connectivity index (χ4n) is 1.51. The topological polar surface area (TPSA) is 55.1 Å². The number of anilines is 1. The van der Waals surface area contributed by atoms with E-state index in [9.17, 15) is 4.79 Å². The summed E-state index contributed by atoms with van der Waals surface area (Å²) in [4.78, 5) is 11.3. The normalized spacial score (nSPS) is 20.4. The van der Waals surface area contributed by atoms with Gasteiger partial charge in [0, 0.05) is 12.2 Å². The van der Waals surface area contributed by atoms with Crippen molar-refractivity contribution in [1.29, 1.82) is 0 Å². The molecule has 0 unspecified atom stereocenters. The summed E-state index contributed by atoms with van der Waals surface area (Å²) in [6.45, 7) is 0.378. The van der Waals surface area contributed by atoms with Crippen LogP contribution in [-0.4, -0.2) is 12.5 Å². The van der Waals surface area contributed by atoms with Gasteiger partial charge in [-0.15, -0.1) is 0 Å². The van der Waals surface area contributed by atoms with Crippen molar-refractivity contribution < 1.29 is 4.79 Å². The van der Waals surface area contributed by atoms with Gasteiger partial charge in [0.2, 0.25) is 5.91 Å². The summed E-state index contributed by atoms with van der Waals surface area (Å²) in [6.07, 6.45) is 0. The van der Waals surface area contributed by atoms with Crippen molar-refractivity contribution >= 4 is 11.6 Å². The van der Waals surface area contributed by atoms with Gasteiger partial charge in [0.1, 0.15) is 0 Å². The van der Waals surface area contributed by atoms with E-state index in [1.807, 2.05) is 24.3 Å². The lowest BCUT2D eigenvalue weighted by Gasteiger charge is -2.02. The third-order valence-electron chi connectivity index (χ3n) is 2.15. The highest BCUT2D eigenvalue weighted by Crippen LogP contribution is 2.30. The van der Waals surface area contributed by atoms with Gasteiger partial charge < -0.3 is 11.1 Å². The van der Waals surface area contributed by atoms with Crippen molar-refractivity contribution in [3.63, 3.8) is 0 Å². The molecular formula is C9H10N2O. The first-order valence-corrected chi connectivity index (χ1v) is 3.93. The van der Waals surface area contributed by atoms with Crippen LogP contribution in [0.1, 0.15) is 11.5 Å². The van der Waals surface area contributed by atoms with Crippen LogP contribution in [0.4, 0.5) is 5.69 Å². The number of carbonyl (C=O) groups is 1. The molecule has 1 amide bonds. The number of carbonyl (C=O) groups excluding carboxylic acids is 1. The number of para-hydroxylation sites is 1. The predicted octanol–water partition coefficient (Wildman–Crippen LogP) is 0.681.